The topological polar surface area (TPSA) is 55.5 Å². The molecule has 3 heteroatoms. The quantitative estimate of drug-likeness (QED) is 0.752. The van der Waals surface area contributed by atoms with Crippen molar-refractivity contribution in [3.63, 3.8) is 0 Å². The summed E-state index contributed by atoms with van der Waals surface area (Å²) in [5, 5.41) is 8.72. The maximum Gasteiger partial charge on any atom is 0.119 e. The summed E-state index contributed by atoms with van der Waals surface area (Å²) in [5.74, 6) is 0.856. The van der Waals surface area contributed by atoms with E-state index in [4.69, 9.17) is 15.6 Å². The third-order valence-electron chi connectivity index (χ3n) is 2.27. The predicted molar refractivity (Wildman–Crippen MR) is 60.9 cm³/mol. The first-order valence-electron chi connectivity index (χ1n) is 5.37. The van der Waals surface area contributed by atoms with Gasteiger partial charge >= 0.3 is 0 Å². The molecule has 1 atom stereocenters. The summed E-state index contributed by atoms with van der Waals surface area (Å²) in [5.41, 5.74) is 7.04. The van der Waals surface area contributed by atoms with E-state index in [1.54, 1.807) is 0 Å². The molecule has 15 heavy (non-hydrogen) atoms. The maximum atomic E-state index is 8.72. The van der Waals surface area contributed by atoms with Gasteiger partial charge in [0.1, 0.15) is 5.75 Å². The minimum atomic E-state index is -0.0162. The van der Waals surface area contributed by atoms with E-state index in [1.807, 2.05) is 31.2 Å². The standard InChI is InChI=1S/C12H19NO2/c1-2-15-11-6-3-5-10(9-11)12(13)7-4-8-14/h3,5-6,9,12,14H,2,4,7-8,13H2,1H3/t12-/m0/s1. The number of benzene rings is 1. The summed E-state index contributed by atoms with van der Waals surface area (Å²) >= 11 is 0. The van der Waals surface area contributed by atoms with Crippen molar-refractivity contribution in [1.29, 1.82) is 0 Å². The SMILES string of the molecule is CCOc1cccc([C@@H](N)CCCO)c1. The maximum absolute atomic E-state index is 8.72. The van der Waals surface area contributed by atoms with Crippen LogP contribution in [0.5, 0.6) is 5.75 Å². The van der Waals surface area contributed by atoms with E-state index in [2.05, 4.69) is 0 Å². The van der Waals surface area contributed by atoms with Crippen molar-refractivity contribution in [3.8, 4) is 5.75 Å². The van der Waals surface area contributed by atoms with Gasteiger partial charge in [-0.15, -0.1) is 0 Å². The van der Waals surface area contributed by atoms with Crippen LogP contribution in [0.2, 0.25) is 0 Å². The molecule has 0 spiro atoms. The summed E-state index contributed by atoms with van der Waals surface area (Å²) in [4.78, 5) is 0. The van der Waals surface area contributed by atoms with Crippen molar-refractivity contribution < 1.29 is 9.84 Å². The van der Waals surface area contributed by atoms with Gasteiger partial charge < -0.3 is 15.6 Å². The monoisotopic (exact) mass is 209 g/mol. The highest BCUT2D eigenvalue weighted by Crippen LogP contribution is 2.20. The molecule has 0 aliphatic heterocycles. The second-order valence-electron chi connectivity index (χ2n) is 3.48. The van der Waals surface area contributed by atoms with E-state index in [1.165, 1.54) is 0 Å². The first-order valence-corrected chi connectivity index (χ1v) is 5.37. The second-order valence-corrected chi connectivity index (χ2v) is 3.48. The number of aliphatic hydroxyl groups excluding tert-OH is 1. The molecular formula is C12H19NO2. The number of aliphatic hydroxyl groups is 1. The highest BCUT2D eigenvalue weighted by atomic mass is 16.5. The van der Waals surface area contributed by atoms with Crippen LogP contribution in [0.15, 0.2) is 24.3 Å². The summed E-state index contributed by atoms with van der Waals surface area (Å²) in [7, 11) is 0. The number of ether oxygens (including phenoxy) is 1. The average Bonchev–Trinajstić information content (AvgIpc) is 2.27. The fraction of sp³-hybridized carbons (Fsp3) is 0.500. The van der Waals surface area contributed by atoms with Gasteiger partial charge in [-0.05, 0) is 37.5 Å². The van der Waals surface area contributed by atoms with Gasteiger partial charge in [0, 0.05) is 12.6 Å². The van der Waals surface area contributed by atoms with Crippen molar-refractivity contribution in [2.24, 2.45) is 5.73 Å². The molecule has 0 radical (unpaired) electrons. The predicted octanol–water partition coefficient (Wildman–Crippen LogP) is 1.86. The Balaban J connectivity index is 2.62. The van der Waals surface area contributed by atoms with Gasteiger partial charge in [0.05, 0.1) is 6.61 Å². The van der Waals surface area contributed by atoms with E-state index in [0.717, 1.165) is 24.2 Å². The molecule has 0 aliphatic rings. The summed E-state index contributed by atoms with van der Waals surface area (Å²) in [6, 6.07) is 7.80. The van der Waals surface area contributed by atoms with Gasteiger partial charge in [-0.3, -0.25) is 0 Å². The fourth-order valence-corrected chi connectivity index (χ4v) is 1.48. The number of hydrogen-bond acceptors (Lipinski definition) is 3. The van der Waals surface area contributed by atoms with Gasteiger partial charge in [0.15, 0.2) is 0 Å². The first kappa shape index (κ1) is 12.0. The van der Waals surface area contributed by atoms with Gasteiger partial charge in [-0.1, -0.05) is 12.1 Å². The lowest BCUT2D eigenvalue weighted by Crippen LogP contribution is -2.10. The number of hydrogen-bond donors (Lipinski definition) is 2. The van der Waals surface area contributed by atoms with Gasteiger partial charge in [-0.2, -0.15) is 0 Å². The lowest BCUT2D eigenvalue weighted by molar-refractivity contribution is 0.280. The van der Waals surface area contributed by atoms with Crippen LogP contribution in [-0.4, -0.2) is 18.3 Å². The largest absolute Gasteiger partial charge is 0.494 e. The third kappa shape index (κ3) is 3.90. The molecule has 3 nitrogen and oxygen atoms in total. The number of rotatable bonds is 6. The third-order valence-corrected chi connectivity index (χ3v) is 2.27. The molecule has 0 aromatic heterocycles. The van der Waals surface area contributed by atoms with E-state index < -0.39 is 0 Å². The Morgan fingerprint density at radius 1 is 1.47 bits per heavy atom. The molecule has 1 rings (SSSR count). The Morgan fingerprint density at radius 3 is 2.93 bits per heavy atom. The molecule has 0 amide bonds. The van der Waals surface area contributed by atoms with Crippen molar-refractivity contribution in [2.75, 3.05) is 13.2 Å². The van der Waals surface area contributed by atoms with Gasteiger partial charge in [-0.25, -0.2) is 0 Å². The van der Waals surface area contributed by atoms with Crippen molar-refractivity contribution in [3.05, 3.63) is 29.8 Å². The molecule has 84 valence electrons. The van der Waals surface area contributed by atoms with Gasteiger partial charge in [0.2, 0.25) is 0 Å². The van der Waals surface area contributed by atoms with E-state index >= 15 is 0 Å². The lowest BCUT2D eigenvalue weighted by Gasteiger charge is -2.12. The smallest absolute Gasteiger partial charge is 0.119 e. The number of nitrogens with two attached hydrogens (primary N) is 1. The summed E-state index contributed by atoms with van der Waals surface area (Å²) in [6.45, 7) is 2.81. The highest BCUT2D eigenvalue weighted by Gasteiger charge is 2.06. The normalized spacial score (nSPS) is 12.5. The van der Waals surface area contributed by atoms with Crippen molar-refractivity contribution in [1.82, 2.24) is 0 Å². The van der Waals surface area contributed by atoms with Crippen LogP contribution < -0.4 is 10.5 Å². The minimum Gasteiger partial charge on any atom is -0.494 e. The van der Waals surface area contributed by atoms with Crippen LogP contribution >= 0.6 is 0 Å². The van der Waals surface area contributed by atoms with Crippen LogP contribution in [0.25, 0.3) is 0 Å². The molecule has 3 N–H and O–H groups in total. The van der Waals surface area contributed by atoms with Crippen LogP contribution in [0, 0.1) is 0 Å². The van der Waals surface area contributed by atoms with Crippen LogP contribution in [-0.2, 0) is 0 Å². The zero-order valence-electron chi connectivity index (χ0n) is 9.15. The van der Waals surface area contributed by atoms with E-state index in [9.17, 15) is 0 Å². The average molecular weight is 209 g/mol. The van der Waals surface area contributed by atoms with Crippen LogP contribution in [0.3, 0.4) is 0 Å². The molecule has 1 aromatic carbocycles. The van der Waals surface area contributed by atoms with Crippen LogP contribution in [0.1, 0.15) is 31.4 Å². The summed E-state index contributed by atoms with van der Waals surface area (Å²) in [6.07, 6.45) is 1.53. The molecular weight excluding hydrogens is 190 g/mol. The Kier molecular flexibility index (Phi) is 5.15. The zero-order chi connectivity index (χ0) is 11.1. The summed E-state index contributed by atoms with van der Waals surface area (Å²) < 4.78 is 5.40. The Labute approximate surface area is 90.9 Å². The highest BCUT2D eigenvalue weighted by molar-refractivity contribution is 5.30. The molecule has 0 saturated heterocycles. The van der Waals surface area contributed by atoms with Crippen molar-refractivity contribution in [2.45, 2.75) is 25.8 Å². The molecule has 0 bridgehead atoms. The second kappa shape index (κ2) is 6.43. The molecule has 1 aromatic rings. The van der Waals surface area contributed by atoms with Gasteiger partial charge in [0.25, 0.3) is 0 Å². The van der Waals surface area contributed by atoms with E-state index in [-0.39, 0.29) is 12.6 Å². The molecule has 0 aliphatic carbocycles. The molecule has 0 fully saturated rings. The molecule has 0 saturated carbocycles. The van der Waals surface area contributed by atoms with Crippen molar-refractivity contribution >= 4 is 0 Å². The van der Waals surface area contributed by atoms with E-state index in [0.29, 0.717) is 6.61 Å². The lowest BCUT2D eigenvalue weighted by atomic mass is 10.0. The Hall–Kier alpha value is -1.06. The zero-order valence-corrected chi connectivity index (χ0v) is 9.15. The van der Waals surface area contributed by atoms with Crippen LogP contribution in [0.4, 0.5) is 0 Å². The Bertz CT molecular complexity index is 289. The molecule has 0 heterocycles. The minimum absolute atomic E-state index is 0.0162. The first-order chi connectivity index (χ1) is 7.27. The molecule has 0 unspecified atom stereocenters. The fourth-order valence-electron chi connectivity index (χ4n) is 1.48. The Morgan fingerprint density at radius 2 is 2.27 bits per heavy atom.